The summed E-state index contributed by atoms with van der Waals surface area (Å²) >= 11 is 5.91. The van der Waals surface area contributed by atoms with Crippen LogP contribution in [0.2, 0.25) is 5.02 Å². The highest BCUT2D eigenvalue weighted by molar-refractivity contribution is 6.30. The fraction of sp³-hybridized carbons (Fsp3) is 0.600. The van der Waals surface area contributed by atoms with Crippen LogP contribution < -0.4 is 16.4 Å². The van der Waals surface area contributed by atoms with Crippen molar-refractivity contribution in [2.24, 2.45) is 23.5 Å². The van der Waals surface area contributed by atoms with Crippen LogP contribution in [0.5, 0.6) is 0 Å². The predicted molar refractivity (Wildman–Crippen MR) is 106 cm³/mol. The highest BCUT2D eigenvalue weighted by atomic mass is 35.5. The molecule has 0 heterocycles. The van der Waals surface area contributed by atoms with E-state index < -0.39 is 0 Å². The second-order valence-electron chi connectivity index (χ2n) is 7.62. The number of rotatable bonds is 8. The second kappa shape index (κ2) is 9.81. The summed E-state index contributed by atoms with van der Waals surface area (Å²) in [6.45, 7) is 4.89. The topological polar surface area (TPSA) is 84.2 Å². The molecule has 144 valence electrons. The standard InChI is InChI=1S/C20H30ClN3O2/c1-13(2)11-16(12-23-15-9-7-14(21)8-10-15)24-20(26)18-6-4-3-5-17(18)19(22)25/h7-10,13,16-18,23H,3-6,11-12H2,1-2H3,(H2,22,25)(H,24,26)/t16-,17-,18+/m0/s1. The molecular formula is C20H30ClN3O2. The van der Waals surface area contributed by atoms with E-state index in [1.165, 1.54) is 0 Å². The van der Waals surface area contributed by atoms with Gasteiger partial charge in [-0.15, -0.1) is 0 Å². The Morgan fingerprint density at radius 1 is 1.15 bits per heavy atom. The molecule has 1 aliphatic carbocycles. The van der Waals surface area contributed by atoms with Gasteiger partial charge in [0, 0.05) is 35.1 Å². The Balaban J connectivity index is 1.98. The summed E-state index contributed by atoms with van der Waals surface area (Å²) in [6.07, 6.45) is 4.24. The third-order valence-electron chi connectivity index (χ3n) is 4.97. The Hall–Kier alpha value is -1.75. The lowest BCUT2D eigenvalue weighted by molar-refractivity contribution is -0.135. The maximum Gasteiger partial charge on any atom is 0.224 e. The quantitative estimate of drug-likeness (QED) is 0.645. The van der Waals surface area contributed by atoms with Crippen LogP contribution in [-0.4, -0.2) is 24.4 Å². The number of hydrogen-bond acceptors (Lipinski definition) is 3. The number of nitrogens with two attached hydrogens (primary N) is 1. The molecule has 3 atom stereocenters. The van der Waals surface area contributed by atoms with Crippen LogP contribution in [0.4, 0.5) is 5.69 Å². The summed E-state index contributed by atoms with van der Waals surface area (Å²) < 4.78 is 0. The Morgan fingerprint density at radius 2 is 1.77 bits per heavy atom. The Labute approximate surface area is 161 Å². The maximum absolute atomic E-state index is 12.8. The predicted octanol–water partition coefficient (Wildman–Crippen LogP) is 3.57. The SMILES string of the molecule is CC(C)C[C@@H](CNc1ccc(Cl)cc1)NC(=O)[C@@H]1CCCC[C@@H]1C(N)=O. The molecule has 2 rings (SSSR count). The smallest absolute Gasteiger partial charge is 0.224 e. The fourth-order valence-corrected chi connectivity index (χ4v) is 3.79. The minimum Gasteiger partial charge on any atom is -0.383 e. The molecule has 1 aromatic carbocycles. The number of primary amides is 1. The fourth-order valence-electron chi connectivity index (χ4n) is 3.66. The first kappa shape index (κ1) is 20.6. The van der Waals surface area contributed by atoms with Crippen molar-refractivity contribution in [1.82, 2.24) is 5.32 Å². The number of amides is 2. The van der Waals surface area contributed by atoms with Gasteiger partial charge in [-0.25, -0.2) is 0 Å². The van der Waals surface area contributed by atoms with Crippen molar-refractivity contribution in [1.29, 1.82) is 0 Å². The lowest BCUT2D eigenvalue weighted by Crippen LogP contribution is -2.47. The number of carbonyl (C=O) groups excluding carboxylic acids is 2. The van der Waals surface area contributed by atoms with Crippen LogP contribution in [-0.2, 0) is 9.59 Å². The van der Waals surface area contributed by atoms with Crippen LogP contribution in [0.25, 0.3) is 0 Å². The monoisotopic (exact) mass is 379 g/mol. The van der Waals surface area contributed by atoms with E-state index in [2.05, 4.69) is 24.5 Å². The third kappa shape index (κ3) is 6.20. The molecule has 1 fully saturated rings. The maximum atomic E-state index is 12.8. The van der Waals surface area contributed by atoms with E-state index in [0.717, 1.165) is 31.4 Å². The van der Waals surface area contributed by atoms with E-state index in [1.807, 2.05) is 24.3 Å². The summed E-state index contributed by atoms with van der Waals surface area (Å²) in [5, 5.41) is 7.20. The lowest BCUT2D eigenvalue weighted by Gasteiger charge is -2.30. The minimum absolute atomic E-state index is 0.00590. The average molecular weight is 380 g/mol. The summed E-state index contributed by atoms with van der Waals surface area (Å²) in [7, 11) is 0. The molecule has 0 unspecified atom stereocenters. The van der Waals surface area contributed by atoms with Crippen LogP contribution in [0.1, 0.15) is 46.0 Å². The van der Waals surface area contributed by atoms with Gasteiger partial charge in [0.2, 0.25) is 11.8 Å². The van der Waals surface area contributed by atoms with Crippen LogP contribution in [0.15, 0.2) is 24.3 Å². The van der Waals surface area contributed by atoms with Crippen molar-refractivity contribution >= 4 is 29.1 Å². The summed E-state index contributed by atoms with van der Waals surface area (Å²) in [6, 6.07) is 7.49. The van der Waals surface area contributed by atoms with Crippen LogP contribution >= 0.6 is 11.6 Å². The van der Waals surface area contributed by atoms with E-state index in [-0.39, 0.29) is 29.7 Å². The zero-order valence-electron chi connectivity index (χ0n) is 15.6. The molecule has 0 aromatic heterocycles. The van der Waals surface area contributed by atoms with Gasteiger partial charge in [-0.05, 0) is 49.4 Å². The highest BCUT2D eigenvalue weighted by Gasteiger charge is 2.35. The zero-order chi connectivity index (χ0) is 19.1. The van der Waals surface area contributed by atoms with E-state index in [9.17, 15) is 9.59 Å². The molecule has 0 saturated heterocycles. The lowest BCUT2D eigenvalue weighted by atomic mass is 9.78. The molecule has 5 nitrogen and oxygen atoms in total. The molecular weight excluding hydrogens is 350 g/mol. The van der Waals surface area contributed by atoms with Crippen molar-refractivity contribution in [3.8, 4) is 0 Å². The summed E-state index contributed by atoms with van der Waals surface area (Å²) in [5.41, 5.74) is 6.47. The molecule has 1 saturated carbocycles. The van der Waals surface area contributed by atoms with Gasteiger partial charge in [-0.1, -0.05) is 38.3 Å². The van der Waals surface area contributed by atoms with E-state index in [0.29, 0.717) is 23.9 Å². The van der Waals surface area contributed by atoms with E-state index in [4.69, 9.17) is 17.3 Å². The first-order chi connectivity index (χ1) is 12.4. The molecule has 1 aliphatic rings. The van der Waals surface area contributed by atoms with Crippen molar-refractivity contribution in [2.45, 2.75) is 52.0 Å². The highest BCUT2D eigenvalue weighted by Crippen LogP contribution is 2.30. The van der Waals surface area contributed by atoms with Gasteiger partial charge in [-0.3, -0.25) is 9.59 Å². The summed E-state index contributed by atoms with van der Waals surface area (Å²) in [4.78, 5) is 24.5. The number of benzene rings is 1. The number of carbonyl (C=O) groups is 2. The largest absolute Gasteiger partial charge is 0.383 e. The van der Waals surface area contributed by atoms with Gasteiger partial charge >= 0.3 is 0 Å². The van der Waals surface area contributed by atoms with E-state index in [1.54, 1.807) is 0 Å². The average Bonchev–Trinajstić information content (AvgIpc) is 2.60. The van der Waals surface area contributed by atoms with Crippen molar-refractivity contribution in [3.63, 3.8) is 0 Å². The van der Waals surface area contributed by atoms with Gasteiger partial charge in [0.1, 0.15) is 0 Å². The number of hydrogen-bond donors (Lipinski definition) is 3. The minimum atomic E-state index is -0.357. The third-order valence-corrected chi connectivity index (χ3v) is 5.22. The van der Waals surface area contributed by atoms with E-state index >= 15 is 0 Å². The Bertz CT molecular complexity index is 604. The Kier molecular flexibility index (Phi) is 7.76. The van der Waals surface area contributed by atoms with Crippen LogP contribution in [0, 0.1) is 17.8 Å². The molecule has 0 radical (unpaired) electrons. The number of halogens is 1. The van der Waals surface area contributed by atoms with Crippen molar-refractivity contribution in [2.75, 3.05) is 11.9 Å². The second-order valence-corrected chi connectivity index (χ2v) is 8.06. The first-order valence-electron chi connectivity index (χ1n) is 9.46. The van der Waals surface area contributed by atoms with Crippen molar-refractivity contribution < 1.29 is 9.59 Å². The van der Waals surface area contributed by atoms with Gasteiger partial charge in [0.05, 0.1) is 0 Å². The van der Waals surface area contributed by atoms with Gasteiger partial charge in [0.25, 0.3) is 0 Å². The van der Waals surface area contributed by atoms with Crippen molar-refractivity contribution in [3.05, 3.63) is 29.3 Å². The molecule has 4 N–H and O–H groups in total. The molecule has 0 aliphatic heterocycles. The molecule has 1 aromatic rings. The van der Waals surface area contributed by atoms with Gasteiger partial charge in [-0.2, -0.15) is 0 Å². The molecule has 6 heteroatoms. The van der Waals surface area contributed by atoms with Gasteiger partial charge < -0.3 is 16.4 Å². The molecule has 0 bridgehead atoms. The molecule has 0 spiro atoms. The normalized spacial score (nSPS) is 21.2. The molecule has 26 heavy (non-hydrogen) atoms. The zero-order valence-corrected chi connectivity index (χ0v) is 16.4. The number of anilines is 1. The number of nitrogens with one attached hydrogen (secondary N) is 2. The van der Waals surface area contributed by atoms with Crippen LogP contribution in [0.3, 0.4) is 0 Å². The first-order valence-corrected chi connectivity index (χ1v) is 9.83. The summed E-state index contributed by atoms with van der Waals surface area (Å²) in [5.74, 6) is -0.591. The Morgan fingerprint density at radius 3 is 2.35 bits per heavy atom. The van der Waals surface area contributed by atoms with Gasteiger partial charge in [0.15, 0.2) is 0 Å². The molecule has 2 amide bonds.